The minimum atomic E-state index is -3.41. The van der Waals surface area contributed by atoms with Crippen molar-refractivity contribution in [1.82, 2.24) is 0 Å². The highest BCUT2D eigenvalue weighted by molar-refractivity contribution is 6.65. The summed E-state index contributed by atoms with van der Waals surface area (Å²) >= 11 is 34.6. The Hall–Kier alpha value is 1.34. The molecule has 0 heterocycles. The van der Waals surface area contributed by atoms with Crippen molar-refractivity contribution in [2.75, 3.05) is 0 Å². The molecule has 2 rings (SSSR count). The maximum Gasteiger partial charge on any atom is 0.277 e. The van der Waals surface area contributed by atoms with Crippen LogP contribution in [0, 0.1) is 0 Å². The molecule has 2 unspecified atom stereocenters. The molecular weight excluding hydrogens is 335 g/mol. The number of halogens is 8. The van der Waals surface area contributed by atoms with Crippen LogP contribution in [0.3, 0.4) is 0 Å². The van der Waals surface area contributed by atoms with E-state index in [0.29, 0.717) is 0 Å². The van der Waals surface area contributed by atoms with Gasteiger partial charge in [-0.3, -0.25) is 0 Å². The third-order valence-corrected chi connectivity index (χ3v) is 6.97. The second-order valence-corrected chi connectivity index (χ2v) is 6.84. The van der Waals surface area contributed by atoms with Gasteiger partial charge in [-0.15, -0.1) is 23.2 Å². The van der Waals surface area contributed by atoms with Crippen LogP contribution in [-0.4, -0.2) is 20.0 Å². The maximum atomic E-state index is 13.6. The lowest BCUT2D eigenvalue weighted by Crippen LogP contribution is -2.48. The van der Waals surface area contributed by atoms with Crippen molar-refractivity contribution in [2.45, 2.75) is 26.4 Å². The third-order valence-electron chi connectivity index (χ3n) is 2.74. The van der Waals surface area contributed by atoms with E-state index in [-0.39, 0.29) is 5.03 Å². The first-order valence-corrected chi connectivity index (χ1v) is 5.99. The average Bonchev–Trinajstić information content (AvgIpc) is 2.25. The van der Waals surface area contributed by atoms with E-state index in [1.165, 1.54) is 0 Å². The first-order valence-electron chi connectivity index (χ1n) is 3.72. The molecule has 0 aliphatic heterocycles. The van der Waals surface area contributed by atoms with Gasteiger partial charge in [0.25, 0.3) is 5.92 Å². The van der Waals surface area contributed by atoms with Crippen LogP contribution in [0.2, 0.25) is 0 Å². The molecule has 8 heteroatoms. The topological polar surface area (TPSA) is 0 Å². The number of fused-ring (bicyclic) bond motifs is 2. The highest BCUT2D eigenvalue weighted by atomic mass is 35.5. The standard InChI is InChI=1S/C7H2Cl6F2/c8-2-3(9)6(11)5(14,15)1-4(2,10)7(6,12)13/h1H2. The molecule has 0 nitrogen and oxygen atoms in total. The molecule has 0 radical (unpaired) electrons. The van der Waals surface area contributed by atoms with Crippen LogP contribution in [0.25, 0.3) is 0 Å². The molecule has 0 saturated heterocycles. The number of hydrogen-bond acceptors (Lipinski definition) is 0. The second-order valence-electron chi connectivity index (χ2n) is 3.54. The van der Waals surface area contributed by atoms with Gasteiger partial charge in [-0.2, -0.15) is 0 Å². The van der Waals surface area contributed by atoms with Crippen LogP contribution in [0.15, 0.2) is 10.1 Å². The molecule has 0 aromatic rings. The Morgan fingerprint density at radius 2 is 1.40 bits per heavy atom. The fourth-order valence-electron chi connectivity index (χ4n) is 1.88. The zero-order valence-corrected chi connectivity index (χ0v) is 11.3. The Balaban J connectivity index is 2.77. The van der Waals surface area contributed by atoms with E-state index < -0.39 is 31.5 Å². The SMILES string of the molecule is FC1(F)CC2(Cl)C(Cl)=C(Cl)C1(Cl)C2(Cl)Cl. The van der Waals surface area contributed by atoms with Crippen LogP contribution in [-0.2, 0) is 0 Å². The summed E-state index contributed by atoms with van der Waals surface area (Å²) in [5.74, 6) is -3.41. The van der Waals surface area contributed by atoms with Crippen LogP contribution >= 0.6 is 69.6 Å². The fraction of sp³-hybridized carbons (Fsp3) is 0.714. The number of alkyl halides is 6. The van der Waals surface area contributed by atoms with Crippen LogP contribution in [0.5, 0.6) is 0 Å². The van der Waals surface area contributed by atoms with Gasteiger partial charge in [0.2, 0.25) is 0 Å². The molecule has 1 saturated carbocycles. The Morgan fingerprint density at radius 1 is 0.933 bits per heavy atom. The Morgan fingerprint density at radius 3 is 1.67 bits per heavy atom. The van der Waals surface area contributed by atoms with Crippen molar-refractivity contribution >= 4 is 69.6 Å². The summed E-state index contributed by atoms with van der Waals surface area (Å²) in [5.41, 5.74) is 0. The average molecular weight is 337 g/mol. The molecule has 0 aromatic heterocycles. The van der Waals surface area contributed by atoms with E-state index >= 15 is 0 Å². The largest absolute Gasteiger partial charge is 0.277 e. The van der Waals surface area contributed by atoms with Gasteiger partial charge in [0.15, 0.2) is 9.21 Å². The van der Waals surface area contributed by atoms with Gasteiger partial charge in [-0.05, 0) is 0 Å². The second kappa shape index (κ2) is 3.02. The third kappa shape index (κ3) is 1.08. The van der Waals surface area contributed by atoms with E-state index in [1.807, 2.05) is 0 Å². The van der Waals surface area contributed by atoms with Crippen molar-refractivity contribution in [3.05, 3.63) is 10.1 Å². The monoisotopic (exact) mass is 334 g/mol. The van der Waals surface area contributed by atoms with Gasteiger partial charge in [-0.1, -0.05) is 46.4 Å². The zero-order chi connectivity index (χ0) is 11.9. The van der Waals surface area contributed by atoms with Crippen molar-refractivity contribution in [1.29, 1.82) is 0 Å². The Labute approximate surface area is 114 Å². The van der Waals surface area contributed by atoms with E-state index in [9.17, 15) is 8.78 Å². The quantitative estimate of drug-likeness (QED) is 0.554. The minimum absolute atomic E-state index is 0.211. The molecule has 0 spiro atoms. The Bertz CT molecular complexity index is 378. The number of hydrogen-bond donors (Lipinski definition) is 0. The van der Waals surface area contributed by atoms with Crippen molar-refractivity contribution in [3.8, 4) is 0 Å². The van der Waals surface area contributed by atoms with Crippen LogP contribution < -0.4 is 0 Å². The molecule has 0 amide bonds. The van der Waals surface area contributed by atoms with Gasteiger partial charge in [0.1, 0.15) is 4.87 Å². The van der Waals surface area contributed by atoms with Crippen molar-refractivity contribution < 1.29 is 8.78 Å². The smallest absolute Gasteiger partial charge is 0.204 e. The summed E-state index contributed by atoms with van der Waals surface area (Å²) in [7, 11) is 0. The molecule has 2 atom stereocenters. The molecule has 2 bridgehead atoms. The van der Waals surface area contributed by atoms with E-state index in [4.69, 9.17) is 69.6 Å². The molecule has 15 heavy (non-hydrogen) atoms. The molecule has 86 valence electrons. The summed E-state index contributed by atoms with van der Waals surface area (Å²) < 4.78 is 25.1. The molecule has 0 aromatic carbocycles. The highest BCUT2D eigenvalue weighted by Crippen LogP contribution is 2.76. The van der Waals surface area contributed by atoms with Crippen molar-refractivity contribution in [2.24, 2.45) is 0 Å². The number of rotatable bonds is 0. The first-order chi connectivity index (χ1) is 6.52. The summed E-state index contributed by atoms with van der Waals surface area (Å²) in [5, 5.41) is -0.696. The fourth-order valence-corrected chi connectivity index (χ4v) is 4.53. The van der Waals surface area contributed by atoms with Gasteiger partial charge in [0.05, 0.1) is 10.1 Å². The first kappa shape index (κ1) is 12.8. The van der Waals surface area contributed by atoms with Gasteiger partial charge < -0.3 is 0 Å². The van der Waals surface area contributed by atoms with Gasteiger partial charge in [-0.25, -0.2) is 8.78 Å². The summed E-state index contributed by atoms with van der Waals surface area (Å²) in [6.45, 7) is 0. The maximum absolute atomic E-state index is 13.6. The summed E-state index contributed by atoms with van der Waals surface area (Å²) in [6, 6.07) is 0. The van der Waals surface area contributed by atoms with Crippen LogP contribution in [0.4, 0.5) is 8.78 Å². The molecule has 1 fully saturated rings. The zero-order valence-electron chi connectivity index (χ0n) is 6.73. The highest BCUT2D eigenvalue weighted by Gasteiger charge is 2.85. The lowest BCUT2D eigenvalue weighted by Gasteiger charge is -2.32. The van der Waals surface area contributed by atoms with Crippen LogP contribution in [0.1, 0.15) is 6.42 Å². The Kier molecular flexibility index (Phi) is 2.57. The lowest BCUT2D eigenvalue weighted by atomic mass is 10.0. The van der Waals surface area contributed by atoms with Gasteiger partial charge in [0, 0.05) is 6.42 Å². The van der Waals surface area contributed by atoms with E-state index in [1.54, 1.807) is 0 Å². The predicted molar refractivity (Wildman–Crippen MR) is 59.9 cm³/mol. The number of allylic oxidation sites excluding steroid dienone is 2. The van der Waals surface area contributed by atoms with Gasteiger partial charge >= 0.3 is 0 Å². The molecule has 0 N–H and O–H groups in total. The molecular formula is C7H2Cl6F2. The predicted octanol–water partition coefficient (Wildman–Crippen LogP) is 4.86. The van der Waals surface area contributed by atoms with E-state index in [0.717, 1.165) is 0 Å². The summed E-state index contributed by atoms with van der Waals surface area (Å²) in [6.07, 6.45) is -0.840. The summed E-state index contributed by atoms with van der Waals surface area (Å²) in [4.78, 5) is -4.29. The van der Waals surface area contributed by atoms with Crippen molar-refractivity contribution in [3.63, 3.8) is 0 Å². The molecule has 2 aliphatic carbocycles. The lowest BCUT2D eigenvalue weighted by molar-refractivity contribution is -0.0148. The molecule has 2 aliphatic rings. The normalized spacial score (nSPS) is 46.4. The van der Waals surface area contributed by atoms with E-state index in [2.05, 4.69) is 0 Å². The minimum Gasteiger partial charge on any atom is -0.204 e.